The van der Waals surface area contributed by atoms with Crippen LogP contribution in [0.2, 0.25) is 0 Å². The molecule has 0 fully saturated rings. The van der Waals surface area contributed by atoms with Crippen LogP contribution in [0.15, 0.2) is 18.5 Å². The molecule has 2 nitrogen and oxygen atoms in total. The number of aromatic nitrogens is 2. The summed E-state index contributed by atoms with van der Waals surface area (Å²) < 4.78 is 1.17. The van der Waals surface area contributed by atoms with E-state index in [0.717, 1.165) is 5.52 Å². The summed E-state index contributed by atoms with van der Waals surface area (Å²) in [5, 5.41) is 1.18. The zero-order chi connectivity index (χ0) is 9.47. The Hall–Kier alpha value is -0.960. The lowest BCUT2D eigenvalue weighted by molar-refractivity contribution is 0.587. The number of hydrogen-bond acceptors (Lipinski definition) is 3. The number of hydrogen-bond donors (Lipinski definition) is 0. The van der Waals surface area contributed by atoms with E-state index in [9.17, 15) is 0 Å². The largest absolute Gasteiger partial charge is 0.263 e. The van der Waals surface area contributed by atoms with Gasteiger partial charge in [0.25, 0.3) is 0 Å². The molecule has 0 aromatic carbocycles. The molecule has 0 saturated heterocycles. The van der Waals surface area contributed by atoms with Crippen molar-refractivity contribution in [2.75, 3.05) is 0 Å². The first-order chi connectivity index (χ1) is 6.07. The van der Waals surface area contributed by atoms with Crippen molar-refractivity contribution in [1.82, 2.24) is 9.97 Å². The van der Waals surface area contributed by atoms with Gasteiger partial charge in [-0.15, -0.1) is 11.3 Å². The molecule has 0 N–H and O–H groups in total. The van der Waals surface area contributed by atoms with Crippen molar-refractivity contribution in [3.05, 3.63) is 23.5 Å². The minimum Gasteiger partial charge on any atom is -0.263 e. The van der Waals surface area contributed by atoms with E-state index in [0.29, 0.717) is 0 Å². The van der Waals surface area contributed by atoms with Crippen molar-refractivity contribution in [1.29, 1.82) is 0 Å². The molecule has 3 heteroatoms. The van der Waals surface area contributed by atoms with Gasteiger partial charge in [-0.3, -0.25) is 4.98 Å². The molecule has 2 aromatic rings. The maximum atomic E-state index is 4.56. The van der Waals surface area contributed by atoms with Crippen LogP contribution in [0.5, 0.6) is 0 Å². The zero-order valence-electron chi connectivity index (χ0n) is 8.03. The van der Waals surface area contributed by atoms with Gasteiger partial charge >= 0.3 is 0 Å². The number of rotatable bonds is 0. The van der Waals surface area contributed by atoms with Gasteiger partial charge in [-0.05, 0) is 6.07 Å². The van der Waals surface area contributed by atoms with Crippen LogP contribution in [-0.2, 0) is 5.41 Å². The summed E-state index contributed by atoms with van der Waals surface area (Å²) in [6, 6.07) is 1.96. The standard InChI is InChI=1S/C10H12N2S/c1-10(2,3)9-12-7-4-5-11-6-8(7)13-9/h4-6H,1-3H3. The first-order valence-electron chi connectivity index (χ1n) is 4.28. The quantitative estimate of drug-likeness (QED) is 0.641. The van der Waals surface area contributed by atoms with Crippen molar-refractivity contribution in [3.63, 3.8) is 0 Å². The zero-order valence-corrected chi connectivity index (χ0v) is 8.85. The molecular weight excluding hydrogens is 180 g/mol. The predicted molar refractivity (Wildman–Crippen MR) is 56.1 cm³/mol. The van der Waals surface area contributed by atoms with Crippen LogP contribution in [0, 0.1) is 0 Å². The Morgan fingerprint density at radius 3 is 2.69 bits per heavy atom. The fourth-order valence-electron chi connectivity index (χ4n) is 1.10. The molecule has 2 rings (SSSR count). The summed E-state index contributed by atoms with van der Waals surface area (Å²) >= 11 is 1.73. The van der Waals surface area contributed by atoms with Crippen LogP contribution >= 0.6 is 11.3 Å². The molecule has 0 aliphatic carbocycles. The highest BCUT2D eigenvalue weighted by Gasteiger charge is 2.18. The molecule has 0 unspecified atom stereocenters. The molecule has 0 radical (unpaired) electrons. The fraction of sp³-hybridized carbons (Fsp3) is 0.400. The monoisotopic (exact) mass is 192 g/mol. The Morgan fingerprint density at radius 2 is 2.08 bits per heavy atom. The first-order valence-corrected chi connectivity index (χ1v) is 5.10. The normalized spacial score (nSPS) is 12.2. The Kier molecular flexibility index (Phi) is 1.84. The van der Waals surface area contributed by atoms with Gasteiger partial charge in [0.1, 0.15) is 0 Å². The average Bonchev–Trinajstić information content (AvgIpc) is 2.45. The lowest BCUT2D eigenvalue weighted by Crippen LogP contribution is -2.09. The van der Waals surface area contributed by atoms with E-state index < -0.39 is 0 Å². The highest BCUT2D eigenvalue weighted by molar-refractivity contribution is 7.18. The maximum Gasteiger partial charge on any atom is 0.0992 e. The van der Waals surface area contributed by atoms with E-state index in [-0.39, 0.29) is 5.41 Å². The van der Waals surface area contributed by atoms with Crippen molar-refractivity contribution in [2.45, 2.75) is 26.2 Å². The molecule has 2 heterocycles. The van der Waals surface area contributed by atoms with Gasteiger partial charge in [-0.2, -0.15) is 0 Å². The highest BCUT2D eigenvalue weighted by Crippen LogP contribution is 2.30. The molecule has 2 aromatic heterocycles. The molecule has 0 bridgehead atoms. The third kappa shape index (κ3) is 1.56. The summed E-state index contributed by atoms with van der Waals surface area (Å²) in [6.45, 7) is 6.54. The summed E-state index contributed by atoms with van der Waals surface area (Å²) in [5.74, 6) is 0. The van der Waals surface area contributed by atoms with Crippen LogP contribution < -0.4 is 0 Å². The molecule has 0 aliphatic heterocycles. The number of thiazole rings is 1. The van der Waals surface area contributed by atoms with E-state index in [4.69, 9.17) is 0 Å². The van der Waals surface area contributed by atoms with Gasteiger partial charge in [0.05, 0.1) is 15.2 Å². The Bertz CT molecular complexity index is 393. The van der Waals surface area contributed by atoms with Gasteiger partial charge in [0.2, 0.25) is 0 Å². The second-order valence-electron chi connectivity index (χ2n) is 4.11. The van der Waals surface area contributed by atoms with Crippen LogP contribution in [0.4, 0.5) is 0 Å². The van der Waals surface area contributed by atoms with Gasteiger partial charge in [0.15, 0.2) is 0 Å². The SMILES string of the molecule is CC(C)(C)c1nc2ccncc2s1. The predicted octanol–water partition coefficient (Wildman–Crippen LogP) is 2.99. The highest BCUT2D eigenvalue weighted by atomic mass is 32.1. The Labute approximate surface area is 81.7 Å². The molecule has 0 saturated carbocycles. The summed E-state index contributed by atoms with van der Waals surface area (Å²) in [4.78, 5) is 8.64. The van der Waals surface area contributed by atoms with Crippen molar-refractivity contribution in [2.24, 2.45) is 0 Å². The van der Waals surface area contributed by atoms with Crippen molar-refractivity contribution < 1.29 is 0 Å². The van der Waals surface area contributed by atoms with Gasteiger partial charge in [-0.25, -0.2) is 4.98 Å². The molecule has 0 spiro atoms. The van der Waals surface area contributed by atoms with E-state index in [2.05, 4.69) is 30.7 Å². The van der Waals surface area contributed by atoms with E-state index in [1.54, 1.807) is 17.5 Å². The average molecular weight is 192 g/mol. The van der Waals surface area contributed by atoms with Crippen LogP contribution in [0.25, 0.3) is 10.2 Å². The smallest absolute Gasteiger partial charge is 0.0992 e. The number of nitrogens with zero attached hydrogens (tertiary/aromatic N) is 2. The second kappa shape index (κ2) is 2.77. The van der Waals surface area contributed by atoms with Crippen molar-refractivity contribution >= 4 is 21.6 Å². The summed E-state index contributed by atoms with van der Waals surface area (Å²) in [5.41, 5.74) is 1.20. The maximum absolute atomic E-state index is 4.56. The second-order valence-corrected chi connectivity index (χ2v) is 5.14. The topological polar surface area (TPSA) is 25.8 Å². The van der Waals surface area contributed by atoms with Gasteiger partial charge in [0, 0.05) is 17.8 Å². The summed E-state index contributed by atoms with van der Waals surface area (Å²) in [7, 11) is 0. The Balaban J connectivity index is 2.63. The number of pyridine rings is 1. The molecule has 0 aliphatic rings. The Morgan fingerprint density at radius 1 is 1.31 bits per heavy atom. The minimum atomic E-state index is 0.143. The molecule has 0 atom stereocenters. The lowest BCUT2D eigenvalue weighted by Gasteiger charge is -2.13. The van der Waals surface area contributed by atoms with Crippen LogP contribution in [0.1, 0.15) is 25.8 Å². The minimum absolute atomic E-state index is 0.143. The van der Waals surface area contributed by atoms with Crippen LogP contribution in [0.3, 0.4) is 0 Å². The lowest BCUT2D eigenvalue weighted by atomic mass is 9.98. The van der Waals surface area contributed by atoms with E-state index in [1.807, 2.05) is 12.3 Å². The van der Waals surface area contributed by atoms with Gasteiger partial charge in [-0.1, -0.05) is 20.8 Å². The van der Waals surface area contributed by atoms with Crippen molar-refractivity contribution in [3.8, 4) is 0 Å². The van der Waals surface area contributed by atoms with Gasteiger partial charge < -0.3 is 0 Å². The molecule has 0 amide bonds. The molecular formula is C10H12N2S. The molecule has 68 valence electrons. The third-order valence-corrected chi connectivity index (χ3v) is 3.26. The van der Waals surface area contributed by atoms with Crippen LogP contribution in [-0.4, -0.2) is 9.97 Å². The van der Waals surface area contributed by atoms with E-state index >= 15 is 0 Å². The third-order valence-electron chi connectivity index (χ3n) is 1.83. The first kappa shape index (κ1) is 8.63. The number of fused-ring (bicyclic) bond motifs is 1. The fourth-order valence-corrected chi connectivity index (χ4v) is 2.09. The summed E-state index contributed by atoms with van der Waals surface area (Å²) in [6.07, 6.45) is 3.66. The molecule has 13 heavy (non-hydrogen) atoms. The van der Waals surface area contributed by atoms with E-state index in [1.165, 1.54) is 9.71 Å².